The Bertz CT molecular complexity index is 1130. The Labute approximate surface area is 188 Å². The summed E-state index contributed by atoms with van der Waals surface area (Å²) in [6.45, 7) is 4.24. The number of nitrogens with one attached hydrogen (secondary N) is 4. The molecule has 4 aromatic rings. The first kappa shape index (κ1) is 21.9. The lowest BCUT2D eigenvalue weighted by atomic mass is 10.1. The predicted octanol–water partition coefficient (Wildman–Crippen LogP) is 4.26. The van der Waals surface area contributed by atoms with Crippen molar-refractivity contribution in [3.63, 3.8) is 0 Å². The van der Waals surface area contributed by atoms with Crippen molar-refractivity contribution in [2.24, 2.45) is 0 Å². The van der Waals surface area contributed by atoms with Crippen molar-refractivity contribution in [3.8, 4) is 33.9 Å². The monoisotopic (exact) mass is 430 g/mol. The number of hydrogen-bond donors (Lipinski definition) is 4. The van der Waals surface area contributed by atoms with Crippen molar-refractivity contribution in [2.45, 2.75) is 38.8 Å². The van der Waals surface area contributed by atoms with E-state index < -0.39 is 0 Å². The molecule has 0 amide bonds. The third-order valence-electron chi connectivity index (χ3n) is 5.71. The number of hydrogen-bond acceptors (Lipinski definition) is 6. The van der Waals surface area contributed by atoms with Gasteiger partial charge in [0.1, 0.15) is 11.6 Å². The van der Waals surface area contributed by atoms with E-state index in [0.717, 1.165) is 52.6 Å². The number of H-pyrrole nitrogens is 2. The fourth-order valence-electron chi connectivity index (χ4n) is 3.62. The van der Waals surface area contributed by atoms with Crippen LogP contribution in [0.25, 0.3) is 33.9 Å². The molecule has 0 bridgehead atoms. The van der Waals surface area contributed by atoms with Crippen LogP contribution in [-0.2, 0) is 0 Å². The molecule has 0 radical (unpaired) electrons. The highest BCUT2D eigenvalue weighted by Crippen LogP contribution is 2.25. The minimum Gasteiger partial charge on any atom is -0.341 e. The van der Waals surface area contributed by atoms with Crippen LogP contribution < -0.4 is 10.6 Å². The van der Waals surface area contributed by atoms with Gasteiger partial charge in [-0.05, 0) is 33.0 Å². The maximum Gasteiger partial charge on any atom is 0.159 e. The van der Waals surface area contributed by atoms with Crippen molar-refractivity contribution in [3.05, 3.63) is 60.7 Å². The van der Waals surface area contributed by atoms with Crippen LogP contribution >= 0.6 is 0 Å². The van der Waals surface area contributed by atoms with E-state index in [9.17, 15) is 0 Å². The summed E-state index contributed by atoms with van der Waals surface area (Å²) in [4.78, 5) is 24.9. The Morgan fingerprint density at radius 1 is 0.750 bits per heavy atom. The minimum absolute atomic E-state index is 0.177. The van der Waals surface area contributed by atoms with Crippen LogP contribution in [-0.4, -0.2) is 44.0 Å². The number of aromatic amines is 2. The van der Waals surface area contributed by atoms with Crippen LogP contribution in [0.4, 0.5) is 0 Å². The number of imidazole rings is 2. The molecule has 0 aliphatic carbocycles. The van der Waals surface area contributed by atoms with Crippen molar-refractivity contribution in [2.75, 3.05) is 14.1 Å². The molecule has 1 aromatic carbocycles. The zero-order chi connectivity index (χ0) is 22.5. The second kappa shape index (κ2) is 9.84. The Kier molecular flexibility index (Phi) is 6.72. The summed E-state index contributed by atoms with van der Waals surface area (Å²) in [6, 6.07) is 8.57. The van der Waals surface area contributed by atoms with Crippen molar-refractivity contribution < 1.29 is 0 Å². The van der Waals surface area contributed by atoms with Gasteiger partial charge in [0.15, 0.2) is 5.82 Å². The molecule has 0 unspecified atom stereocenters. The van der Waals surface area contributed by atoms with E-state index in [1.165, 1.54) is 0 Å². The molecule has 3 heterocycles. The maximum atomic E-state index is 4.57. The van der Waals surface area contributed by atoms with Crippen LogP contribution in [0.5, 0.6) is 0 Å². The zero-order valence-corrected chi connectivity index (χ0v) is 19.0. The molecule has 0 fully saturated rings. The van der Waals surface area contributed by atoms with Crippen LogP contribution in [0, 0.1) is 0 Å². The van der Waals surface area contributed by atoms with Crippen LogP contribution in [0.1, 0.15) is 50.4 Å². The summed E-state index contributed by atoms with van der Waals surface area (Å²) in [5.41, 5.74) is 4.86. The van der Waals surface area contributed by atoms with E-state index in [1.807, 2.05) is 51.0 Å². The highest BCUT2D eigenvalue weighted by atomic mass is 15.0. The van der Waals surface area contributed by atoms with E-state index in [0.29, 0.717) is 5.82 Å². The molecule has 3 aromatic heterocycles. The topological polar surface area (TPSA) is 107 Å². The lowest BCUT2D eigenvalue weighted by Gasteiger charge is -2.11. The van der Waals surface area contributed by atoms with Gasteiger partial charge in [-0.15, -0.1) is 0 Å². The molecule has 0 aliphatic rings. The fraction of sp³-hybridized carbons (Fsp3) is 0.333. The standard InChI is InChI=1S/C24H30N8/c1-5-6-19(26-4)24-30-14-21(32-24)18-11-27-23(28-12-18)17-9-7-16(8-10-17)20-13-29-22(31-20)15(2)25-3/h7-15,19,25-26H,5-6H2,1-4H3,(H,29,31)(H,30,32)/t15-,19-/m0/s1. The molecule has 8 nitrogen and oxygen atoms in total. The normalized spacial score (nSPS) is 13.2. The molecular weight excluding hydrogens is 400 g/mol. The van der Waals surface area contributed by atoms with Gasteiger partial charge in [-0.3, -0.25) is 0 Å². The quantitative estimate of drug-likeness (QED) is 0.316. The van der Waals surface area contributed by atoms with Crippen LogP contribution in [0.15, 0.2) is 49.1 Å². The molecule has 32 heavy (non-hydrogen) atoms. The first-order chi connectivity index (χ1) is 15.6. The minimum atomic E-state index is 0.177. The second-order valence-corrected chi connectivity index (χ2v) is 7.88. The highest BCUT2D eigenvalue weighted by Gasteiger charge is 2.13. The number of rotatable bonds is 9. The Hall–Kier alpha value is -3.36. The molecule has 166 valence electrons. The Balaban J connectivity index is 1.49. The summed E-state index contributed by atoms with van der Waals surface area (Å²) >= 11 is 0. The Morgan fingerprint density at radius 3 is 1.97 bits per heavy atom. The third-order valence-corrected chi connectivity index (χ3v) is 5.71. The molecule has 4 N–H and O–H groups in total. The van der Waals surface area contributed by atoms with Gasteiger partial charge in [0.2, 0.25) is 0 Å². The first-order valence-corrected chi connectivity index (χ1v) is 11.0. The van der Waals surface area contributed by atoms with Gasteiger partial charge in [0.05, 0.1) is 35.9 Å². The smallest absolute Gasteiger partial charge is 0.159 e. The average Bonchev–Trinajstić information content (AvgIpc) is 3.53. The average molecular weight is 431 g/mol. The zero-order valence-electron chi connectivity index (χ0n) is 19.0. The van der Waals surface area contributed by atoms with Gasteiger partial charge >= 0.3 is 0 Å². The van der Waals surface area contributed by atoms with Crippen molar-refractivity contribution >= 4 is 0 Å². The maximum absolute atomic E-state index is 4.57. The van der Waals surface area contributed by atoms with E-state index in [-0.39, 0.29) is 12.1 Å². The van der Waals surface area contributed by atoms with E-state index in [4.69, 9.17) is 0 Å². The summed E-state index contributed by atoms with van der Waals surface area (Å²) in [7, 11) is 3.88. The largest absolute Gasteiger partial charge is 0.341 e. The molecular formula is C24H30N8. The van der Waals surface area contributed by atoms with Crippen molar-refractivity contribution in [1.29, 1.82) is 0 Å². The van der Waals surface area contributed by atoms with Gasteiger partial charge in [-0.1, -0.05) is 37.6 Å². The van der Waals surface area contributed by atoms with E-state index >= 15 is 0 Å². The van der Waals surface area contributed by atoms with Gasteiger partial charge < -0.3 is 20.6 Å². The molecule has 0 saturated heterocycles. The lowest BCUT2D eigenvalue weighted by Crippen LogP contribution is -2.17. The van der Waals surface area contributed by atoms with Crippen LogP contribution in [0.3, 0.4) is 0 Å². The number of nitrogens with zero attached hydrogens (tertiary/aromatic N) is 4. The molecule has 2 atom stereocenters. The number of aromatic nitrogens is 6. The number of benzene rings is 1. The SMILES string of the molecule is CCC[C@H](NC)c1ncc(-c2cnc(-c3ccc(-c4cnc([C@H](C)NC)[nH]4)cc3)nc2)[nH]1. The van der Waals surface area contributed by atoms with Gasteiger partial charge in [-0.25, -0.2) is 19.9 Å². The molecule has 0 spiro atoms. The summed E-state index contributed by atoms with van der Waals surface area (Å²) in [5.74, 6) is 2.55. The second-order valence-electron chi connectivity index (χ2n) is 7.88. The van der Waals surface area contributed by atoms with Crippen LogP contribution in [0.2, 0.25) is 0 Å². The highest BCUT2D eigenvalue weighted by molar-refractivity contribution is 5.66. The van der Waals surface area contributed by atoms with E-state index in [1.54, 1.807) is 0 Å². The molecule has 0 aliphatic heterocycles. The summed E-state index contributed by atoms with van der Waals surface area (Å²) in [5, 5.41) is 6.50. The Morgan fingerprint density at radius 2 is 1.34 bits per heavy atom. The fourth-order valence-corrected chi connectivity index (χ4v) is 3.62. The molecule has 4 rings (SSSR count). The van der Waals surface area contributed by atoms with Gasteiger partial charge in [0.25, 0.3) is 0 Å². The van der Waals surface area contributed by atoms with Crippen molar-refractivity contribution in [1.82, 2.24) is 40.5 Å². The van der Waals surface area contributed by atoms with E-state index in [2.05, 4.69) is 66.5 Å². The molecule has 0 saturated carbocycles. The molecule has 8 heteroatoms. The summed E-state index contributed by atoms with van der Waals surface area (Å²) < 4.78 is 0. The van der Waals surface area contributed by atoms with Gasteiger partial charge in [-0.2, -0.15) is 0 Å². The summed E-state index contributed by atoms with van der Waals surface area (Å²) in [6.07, 6.45) is 9.50. The third kappa shape index (κ3) is 4.61. The predicted molar refractivity (Wildman–Crippen MR) is 127 cm³/mol. The lowest BCUT2D eigenvalue weighted by molar-refractivity contribution is 0.518. The first-order valence-electron chi connectivity index (χ1n) is 11.0. The van der Waals surface area contributed by atoms with Gasteiger partial charge in [0, 0.05) is 23.5 Å².